The molecule has 1 aliphatic carbocycles. The number of hydrogen-bond donors (Lipinski definition) is 2. The molecular weight excluding hydrogens is 274 g/mol. The Morgan fingerprint density at radius 1 is 1.33 bits per heavy atom. The van der Waals surface area contributed by atoms with Crippen molar-refractivity contribution in [2.75, 3.05) is 13.7 Å². The number of phenolic OH excluding ortho intramolecular Hbond substituents is 1. The Labute approximate surface area is 123 Å². The van der Waals surface area contributed by atoms with E-state index in [2.05, 4.69) is 5.32 Å². The molecule has 1 aliphatic rings. The van der Waals surface area contributed by atoms with Gasteiger partial charge in [-0.2, -0.15) is 0 Å². The highest BCUT2D eigenvalue weighted by molar-refractivity contribution is 5.94. The van der Waals surface area contributed by atoms with Crippen molar-refractivity contribution in [3.05, 3.63) is 23.8 Å². The van der Waals surface area contributed by atoms with Crippen molar-refractivity contribution in [1.82, 2.24) is 5.32 Å². The van der Waals surface area contributed by atoms with Crippen molar-refractivity contribution in [3.8, 4) is 11.5 Å². The smallest absolute Gasteiger partial charge is 0.342 e. The number of carbonyl (C=O) groups excluding carboxylic acids is 2. The van der Waals surface area contributed by atoms with Crippen LogP contribution in [0.4, 0.5) is 0 Å². The molecule has 6 nitrogen and oxygen atoms in total. The van der Waals surface area contributed by atoms with E-state index < -0.39 is 5.97 Å². The predicted molar refractivity (Wildman–Crippen MR) is 75.3 cm³/mol. The van der Waals surface area contributed by atoms with Crippen molar-refractivity contribution >= 4 is 11.9 Å². The van der Waals surface area contributed by atoms with Crippen molar-refractivity contribution in [2.24, 2.45) is 0 Å². The third-order valence-electron chi connectivity index (χ3n) is 3.48. The predicted octanol–water partition coefficient (Wildman–Crippen LogP) is 1.62. The molecule has 0 aliphatic heterocycles. The van der Waals surface area contributed by atoms with E-state index in [4.69, 9.17) is 9.47 Å². The molecule has 1 saturated carbocycles. The van der Waals surface area contributed by atoms with Crippen LogP contribution in [0.3, 0.4) is 0 Å². The number of methoxy groups -OCH3 is 1. The van der Waals surface area contributed by atoms with E-state index in [9.17, 15) is 14.7 Å². The van der Waals surface area contributed by atoms with Gasteiger partial charge in [0.15, 0.2) is 6.61 Å². The molecule has 6 heteroatoms. The highest BCUT2D eigenvalue weighted by atomic mass is 16.5. The number of phenols is 1. The normalized spacial score (nSPS) is 14.7. The fourth-order valence-corrected chi connectivity index (χ4v) is 2.35. The van der Waals surface area contributed by atoms with Gasteiger partial charge in [-0.1, -0.05) is 12.8 Å². The van der Waals surface area contributed by atoms with Gasteiger partial charge in [-0.3, -0.25) is 4.79 Å². The van der Waals surface area contributed by atoms with Gasteiger partial charge in [0.2, 0.25) is 0 Å². The molecule has 0 saturated heterocycles. The lowest BCUT2D eigenvalue weighted by Crippen LogP contribution is -2.35. The summed E-state index contributed by atoms with van der Waals surface area (Å²) in [6.45, 7) is -0.355. The minimum absolute atomic E-state index is 0.0250. The van der Waals surface area contributed by atoms with Crippen molar-refractivity contribution < 1.29 is 24.2 Å². The highest BCUT2D eigenvalue weighted by Crippen LogP contribution is 2.23. The van der Waals surface area contributed by atoms with E-state index in [-0.39, 0.29) is 29.9 Å². The monoisotopic (exact) mass is 293 g/mol. The standard InChI is InChI=1S/C15H19NO5/c1-20-11-6-7-13(17)12(8-11)15(19)21-9-14(18)16-10-4-2-3-5-10/h6-8,10,17H,2-5,9H2,1H3,(H,16,18). The zero-order valence-corrected chi connectivity index (χ0v) is 11.9. The summed E-state index contributed by atoms with van der Waals surface area (Å²) in [5.74, 6) is -0.863. The van der Waals surface area contributed by atoms with Gasteiger partial charge in [-0.05, 0) is 31.0 Å². The summed E-state index contributed by atoms with van der Waals surface area (Å²) >= 11 is 0. The molecule has 21 heavy (non-hydrogen) atoms. The third kappa shape index (κ3) is 4.11. The Morgan fingerprint density at radius 2 is 2.05 bits per heavy atom. The molecule has 0 aromatic heterocycles. The summed E-state index contributed by atoms with van der Waals surface area (Å²) in [5.41, 5.74) is -0.0250. The van der Waals surface area contributed by atoms with Crippen molar-refractivity contribution in [3.63, 3.8) is 0 Å². The van der Waals surface area contributed by atoms with Crippen LogP contribution < -0.4 is 10.1 Å². The van der Waals surface area contributed by atoms with Crippen LogP contribution in [0.5, 0.6) is 11.5 Å². The first-order valence-corrected chi connectivity index (χ1v) is 6.93. The molecule has 114 valence electrons. The van der Waals surface area contributed by atoms with Gasteiger partial charge in [0.1, 0.15) is 17.1 Å². The SMILES string of the molecule is COc1ccc(O)c(C(=O)OCC(=O)NC2CCCC2)c1. The Bertz CT molecular complexity index is 523. The van der Waals surface area contributed by atoms with Crippen LogP contribution in [0, 0.1) is 0 Å². The summed E-state index contributed by atoms with van der Waals surface area (Å²) in [4.78, 5) is 23.5. The molecule has 2 rings (SSSR count). The number of hydrogen-bond acceptors (Lipinski definition) is 5. The molecule has 1 amide bonds. The molecule has 0 radical (unpaired) electrons. The maximum Gasteiger partial charge on any atom is 0.342 e. The zero-order valence-electron chi connectivity index (χ0n) is 11.9. The van der Waals surface area contributed by atoms with E-state index in [0.29, 0.717) is 5.75 Å². The van der Waals surface area contributed by atoms with Gasteiger partial charge in [0.25, 0.3) is 5.91 Å². The van der Waals surface area contributed by atoms with E-state index in [1.54, 1.807) is 0 Å². The van der Waals surface area contributed by atoms with Gasteiger partial charge < -0.3 is 19.9 Å². The Hall–Kier alpha value is -2.24. The van der Waals surface area contributed by atoms with Crippen LogP contribution >= 0.6 is 0 Å². The van der Waals surface area contributed by atoms with Gasteiger partial charge in [-0.15, -0.1) is 0 Å². The summed E-state index contributed by atoms with van der Waals surface area (Å²) in [7, 11) is 1.45. The average molecular weight is 293 g/mol. The molecule has 2 N–H and O–H groups in total. The van der Waals surface area contributed by atoms with Crippen LogP contribution in [0.15, 0.2) is 18.2 Å². The molecule has 1 aromatic rings. The summed E-state index contributed by atoms with van der Waals surface area (Å²) in [5, 5.41) is 12.5. The number of nitrogens with one attached hydrogen (secondary N) is 1. The number of benzene rings is 1. The zero-order chi connectivity index (χ0) is 15.2. The van der Waals surface area contributed by atoms with Gasteiger partial charge in [0, 0.05) is 6.04 Å². The molecule has 0 spiro atoms. The van der Waals surface area contributed by atoms with Crippen LogP contribution in [0.25, 0.3) is 0 Å². The van der Waals surface area contributed by atoms with E-state index >= 15 is 0 Å². The molecule has 1 aromatic carbocycles. The summed E-state index contributed by atoms with van der Waals surface area (Å²) in [6.07, 6.45) is 4.16. The second-order valence-corrected chi connectivity index (χ2v) is 5.01. The Kier molecular flexibility index (Phi) is 5.03. The fourth-order valence-electron chi connectivity index (χ4n) is 2.35. The second kappa shape index (κ2) is 6.97. The maximum atomic E-state index is 11.9. The number of rotatable bonds is 5. The van der Waals surface area contributed by atoms with Crippen LogP contribution in [0.1, 0.15) is 36.0 Å². The molecule has 1 fully saturated rings. The first kappa shape index (κ1) is 15.2. The third-order valence-corrected chi connectivity index (χ3v) is 3.48. The number of esters is 1. The number of amides is 1. The molecule has 0 atom stereocenters. The molecule has 0 unspecified atom stereocenters. The van der Waals surface area contributed by atoms with E-state index in [1.165, 1.54) is 25.3 Å². The average Bonchev–Trinajstić information content (AvgIpc) is 2.98. The number of ether oxygens (including phenoxy) is 2. The molecule has 0 heterocycles. The largest absolute Gasteiger partial charge is 0.507 e. The summed E-state index contributed by atoms with van der Waals surface area (Å²) < 4.78 is 9.89. The van der Waals surface area contributed by atoms with E-state index in [1.807, 2.05) is 0 Å². The Balaban J connectivity index is 1.87. The van der Waals surface area contributed by atoms with Gasteiger partial charge >= 0.3 is 5.97 Å². The minimum atomic E-state index is -0.757. The Morgan fingerprint density at radius 3 is 2.71 bits per heavy atom. The molecule has 0 bridgehead atoms. The second-order valence-electron chi connectivity index (χ2n) is 5.01. The number of carbonyl (C=O) groups is 2. The lowest BCUT2D eigenvalue weighted by atomic mass is 10.2. The van der Waals surface area contributed by atoms with Crippen LogP contribution in [-0.4, -0.2) is 36.7 Å². The maximum absolute atomic E-state index is 11.9. The highest BCUT2D eigenvalue weighted by Gasteiger charge is 2.19. The quantitative estimate of drug-likeness (QED) is 0.806. The minimum Gasteiger partial charge on any atom is -0.507 e. The van der Waals surface area contributed by atoms with Crippen molar-refractivity contribution in [2.45, 2.75) is 31.7 Å². The van der Waals surface area contributed by atoms with Gasteiger partial charge in [0.05, 0.1) is 7.11 Å². The van der Waals surface area contributed by atoms with Crippen LogP contribution in [-0.2, 0) is 9.53 Å². The first-order chi connectivity index (χ1) is 10.1. The first-order valence-electron chi connectivity index (χ1n) is 6.93. The molecular formula is C15H19NO5. The van der Waals surface area contributed by atoms with Crippen LogP contribution in [0.2, 0.25) is 0 Å². The lowest BCUT2D eigenvalue weighted by Gasteiger charge is -2.12. The fraction of sp³-hybridized carbons (Fsp3) is 0.467. The van der Waals surface area contributed by atoms with E-state index in [0.717, 1.165) is 25.7 Å². The summed E-state index contributed by atoms with van der Waals surface area (Å²) in [6, 6.07) is 4.42. The van der Waals surface area contributed by atoms with Crippen molar-refractivity contribution in [1.29, 1.82) is 0 Å². The lowest BCUT2D eigenvalue weighted by molar-refractivity contribution is -0.124. The number of aromatic hydroxyl groups is 1. The topological polar surface area (TPSA) is 84.9 Å². The van der Waals surface area contributed by atoms with Gasteiger partial charge in [-0.25, -0.2) is 4.79 Å².